The molecule has 4 nitrogen and oxygen atoms in total. The van der Waals surface area contributed by atoms with E-state index in [2.05, 4.69) is 37.5 Å². The Balaban J connectivity index is 1.97. The van der Waals surface area contributed by atoms with E-state index in [9.17, 15) is 0 Å². The van der Waals surface area contributed by atoms with Crippen molar-refractivity contribution in [1.82, 2.24) is 9.80 Å². The Kier molecular flexibility index (Phi) is 2.79. The fraction of sp³-hybridized carbons (Fsp3) is 1.00. The minimum Gasteiger partial charge on any atom is -0.360 e. The van der Waals surface area contributed by atoms with Gasteiger partial charge in [0, 0.05) is 13.1 Å². The number of rotatable bonds is 2. The van der Waals surface area contributed by atoms with Crippen LogP contribution in [0.1, 0.15) is 27.7 Å². The highest BCUT2D eigenvalue weighted by molar-refractivity contribution is 4.83. The summed E-state index contributed by atoms with van der Waals surface area (Å²) < 4.78 is 11.4. The van der Waals surface area contributed by atoms with Gasteiger partial charge in [-0.15, -0.1) is 0 Å². The SMILES string of the molecule is CC1(C)OCCN1CN1CCOC1(C)C. The lowest BCUT2D eigenvalue weighted by molar-refractivity contribution is -0.109. The summed E-state index contributed by atoms with van der Waals surface area (Å²) in [4.78, 5) is 4.73. The average molecular weight is 214 g/mol. The first kappa shape index (κ1) is 11.3. The zero-order valence-electron chi connectivity index (χ0n) is 10.2. The van der Waals surface area contributed by atoms with Crippen molar-refractivity contribution in [3.05, 3.63) is 0 Å². The summed E-state index contributed by atoms with van der Waals surface area (Å²) in [6, 6.07) is 0. The fourth-order valence-electron chi connectivity index (χ4n) is 2.22. The Bertz CT molecular complexity index is 217. The molecule has 2 fully saturated rings. The quantitative estimate of drug-likeness (QED) is 0.687. The fourth-order valence-corrected chi connectivity index (χ4v) is 2.22. The summed E-state index contributed by atoms with van der Waals surface area (Å²) in [5.41, 5.74) is -0.253. The second kappa shape index (κ2) is 3.70. The zero-order chi connectivity index (χ0) is 11.1. The Labute approximate surface area is 92.1 Å². The molecule has 88 valence electrons. The molecule has 0 bridgehead atoms. The number of hydrogen-bond donors (Lipinski definition) is 0. The Morgan fingerprint density at radius 2 is 1.27 bits per heavy atom. The van der Waals surface area contributed by atoms with Gasteiger partial charge in [0.05, 0.1) is 19.9 Å². The second-order valence-corrected chi connectivity index (χ2v) is 5.26. The lowest BCUT2D eigenvalue weighted by Gasteiger charge is -2.37. The molecule has 0 amide bonds. The molecule has 0 aromatic carbocycles. The molecule has 0 unspecified atom stereocenters. The van der Waals surface area contributed by atoms with Gasteiger partial charge in [-0.2, -0.15) is 0 Å². The standard InChI is InChI=1S/C11H22N2O2/c1-10(2)12(5-7-14-10)9-13-6-8-15-11(13,3)4/h5-9H2,1-4H3. The maximum absolute atomic E-state index is 5.69. The molecule has 0 radical (unpaired) electrons. The molecule has 0 saturated carbocycles. The van der Waals surface area contributed by atoms with E-state index in [0.29, 0.717) is 0 Å². The molecule has 0 N–H and O–H groups in total. The lowest BCUT2D eigenvalue weighted by atomic mass is 10.2. The highest BCUT2D eigenvalue weighted by Crippen LogP contribution is 2.27. The molecule has 4 heteroatoms. The van der Waals surface area contributed by atoms with Gasteiger partial charge in [0.15, 0.2) is 0 Å². The smallest absolute Gasteiger partial charge is 0.117 e. The minimum atomic E-state index is -0.126. The van der Waals surface area contributed by atoms with E-state index >= 15 is 0 Å². The van der Waals surface area contributed by atoms with E-state index in [4.69, 9.17) is 9.47 Å². The van der Waals surface area contributed by atoms with Gasteiger partial charge in [0.25, 0.3) is 0 Å². The Hall–Kier alpha value is -0.160. The third-order valence-electron chi connectivity index (χ3n) is 3.50. The summed E-state index contributed by atoms with van der Waals surface area (Å²) in [5.74, 6) is 0. The van der Waals surface area contributed by atoms with Crippen molar-refractivity contribution in [3.8, 4) is 0 Å². The van der Waals surface area contributed by atoms with Crippen LogP contribution in [0.5, 0.6) is 0 Å². The highest BCUT2D eigenvalue weighted by atomic mass is 16.5. The first-order valence-corrected chi connectivity index (χ1v) is 5.70. The van der Waals surface area contributed by atoms with E-state index in [0.717, 1.165) is 33.0 Å². The van der Waals surface area contributed by atoms with Gasteiger partial charge in [-0.05, 0) is 27.7 Å². The van der Waals surface area contributed by atoms with Gasteiger partial charge >= 0.3 is 0 Å². The normalized spacial score (nSPS) is 31.2. The molecule has 2 heterocycles. The van der Waals surface area contributed by atoms with Gasteiger partial charge in [-0.3, -0.25) is 9.80 Å². The van der Waals surface area contributed by atoms with Crippen molar-refractivity contribution < 1.29 is 9.47 Å². The molecular weight excluding hydrogens is 192 g/mol. The maximum Gasteiger partial charge on any atom is 0.117 e. The van der Waals surface area contributed by atoms with Gasteiger partial charge in [-0.1, -0.05) is 0 Å². The first-order valence-electron chi connectivity index (χ1n) is 5.70. The molecule has 2 saturated heterocycles. The van der Waals surface area contributed by atoms with E-state index in [1.54, 1.807) is 0 Å². The summed E-state index contributed by atoms with van der Waals surface area (Å²) in [6.45, 7) is 13.1. The minimum absolute atomic E-state index is 0.126. The second-order valence-electron chi connectivity index (χ2n) is 5.26. The summed E-state index contributed by atoms with van der Waals surface area (Å²) in [7, 11) is 0. The van der Waals surface area contributed by atoms with Crippen molar-refractivity contribution in [1.29, 1.82) is 0 Å². The van der Waals surface area contributed by atoms with E-state index < -0.39 is 0 Å². The molecule has 0 spiro atoms. The van der Waals surface area contributed by atoms with Crippen LogP contribution in [0.15, 0.2) is 0 Å². The predicted molar refractivity (Wildman–Crippen MR) is 58.3 cm³/mol. The predicted octanol–water partition coefficient (Wildman–Crippen LogP) is 1.08. The first-order chi connectivity index (χ1) is 6.92. The molecule has 2 aliphatic heterocycles. The third kappa shape index (κ3) is 2.18. The molecule has 0 atom stereocenters. The summed E-state index contributed by atoms with van der Waals surface area (Å²) in [5, 5.41) is 0. The molecule has 15 heavy (non-hydrogen) atoms. The molecule has 0 aromatic rings. The van der Waals surface area contributed by atoms with Gasteiger partial charge in [0.2, 0.25) is 0 Å². The monoisotopic (exact) mass is 214 g/mol. The highest BCUT2D eigenvalue weighted by Gasteiger charge is 2.39. The summed E-state index contributed by atoms with van der Waals surface area (Å²) >= 11 is 0. The van der Waals surface area contributed by atoms with Crippen molar-refractivity contribution in [2.24, 2.45) is 0 Å². The number of hydrogen-bond acceptors (Lipinski definition) is 4. The van der Waals surface area contributed by atoms with Gasteiger partial charge in [-0.25, -0.2) is 0 Å². The van der Waals surface area contributed by atoms with Crippen LogP contribution in [-0.2, 0) is 9.47 Å². The van der Waals surface area contributed by atoms with E-state index in [1.807, 2.05) is 0 Å². The van der Waals surface area contributed by atoms with Crippen LogP contribution in [0.2, 0.25) is 0 Å². The maximum atomic E-state index is 5.69. The Morgan fingerprint density at radius 3 is 1.53 bits per heavy atom. The van der Waals surface area contributed by atoms with Crippen LogP contribution >= 0.6 is 0 Å². The third-order valence-corrected chi connectivity index (χ3v) is 3.50. The van der Waals surface area contributed by atoms with Crippen LogP contribution in [0.4, 0.5) is 0 Å². The molecule has 2 aliphatic rings. The van der Waals surface area contributed by atoms with E-state index in [-0.39, 0.29) is 11.4 Å². The largest absolute Gasteiger partial charge is 0.360 e. The van der Waals surface area contributed by atoms with Gasteiger partial charge in [0.1, 0.15) is 11.4 Å². The lowest BCUT2D eigenvalue weighted by Crippen LogP contribution is -2.50. The van der Waals surface area contributed by atoms with Crippen LogP contribution in [0, 0.1) is 0 Å². The molecular formula is C11H22N2O2. The van der Waals surface area contributed by atoms with Crippen LogP contribution in [0.25, 0.3) is 0 Å². The van der Waals surface area contributed by atoms with Crippen LogP contribution in [0.3, 0.4) is 0 Å². The van der Waals surface area contributed by atoms with E-state index in [1.165, 1.54) is 0 Å². The topological polar surface area (TPSA) is 24.9 Å². The average Bonchev–Trinajstić information content (AvgIpc) is 2.58. The molecule has 0 aromatic heterocycles. The zero-order valence-corrected chi connectivity index (χ0v) is 10.2. The summed E-state index contributed by atoms with van der Waals surface area (Å²) in [6.07, 6.45) is 0. The van der Waals surface area contributed by atoms with Crippen molar-refractivity contribution in [3.63, 3.8) is 0 Å². The Morgan fingerprint density at radius 1 is 0.867 bits per heavy atom. The van der Waals surface area contributed by atoms with Gasteiger partial charge < -0.3 is 9.47 Å². The molecule has 0 aliphatic carbocycles. The number of ether oxygens (including phenoxy) is 2. The van der Waals surface area contributed by atoms with Crippen LogP contribution < -0.4 is 0 Å². The van der Waals surface area contributed by atoms with Crippen LogP contribution in [-0.4, -0.2) is 54.2 Å². The molecule has 2 rings (SSSR count). The van der Waals surface area contributed by atoms with Crippen molar-refractivity contribution in [2.45, 2.75) is 39.1 Å². The number of nitrogens with zero attached hydrogens (tertiary/aromatic N) is 2. The van der Waals surface area contributed by atoms with Crippen molar-refractivity contribution in [2.75, 3.05) is 33.0 Å². The van der Waals surface area contributed by atoms with Crippen molar-refractivity contribution >= 4 is 0 Å².